The van der Waals surface area contributed by atoms with Crippen molar-refractivity contribution in [1.29, 1.82) is 0 Å². The van der Waals surface area contributed by atoms with Crippen molar-refractivity contribution in [3.8, 4) is 0 Å². The molecule has 2 rings (SSSR count). The summed E-state index contributed by atoms with van der Waals surface area (Å²) in [6.07, 6.45) is -3.92. The zero-order valence-corrected chi connectivity index (χ0v) is 16.7. The van der Waals surface area contributed by atoms with Gasteiger partial charge in [-0.15, -0.1) is 11.3 Å². The summed E-state index contributed by atoms with van der Waals surface area (Å²) in [7, 11) is 0. The number of carbonyl (C=O) groups is 2. The van der Waals surface area contributed by atoms with E-state index in [1.54, 1.807) is 12.3 Å². The van der Waals surface area contributed by atoms with Crippen LogP contribution in [0.25, 0.3) is 0 Å². The SMILES string of the molecule is Cc1csc(NC(=O)CN(CCC(C)C)C(=O)c2cccc(C(F)(F)F)c2)n1. The quantitative estimate of drug-likeness (QED) is 0.722. The van der Waals surface area contributed by atoms with Crippen LogP contribution in [0.1, 0.15) is 41.9 Å². The third-order valence-electron chi connectivity index (χ3n) is 3.90. The van der Waals surface area contributed by atoms with Crippen molar-refractivity contribution in [2.45, 2.75) is 33.4 Å². The lowest BCUT2D eigenvalue weighted by Crippen LogP contribution is -2.39. The minimum Gasteiger partial charge on any atom is -0.329 e. The monoisotopic (exact) mass is 413 g/mol. The predicted molar refractivity (Wildman–Crippen MR) is 102 cm³/mol. The van der Waals surface area contributed by atoms with Gasteiger partial charge in [-0.3, -0.25) is 9.59 Å². The van der Waals surface area contributed by atoms with Gasteiger partial charge in [0, 0.05) is 17.5 Å². The summed E-state index contributed by atoms with van der Waals surface area (Å²) in [5.41, 5.74) is -0.238. The Kier molecular flexibility index (Phi) is 7.17. The normalized spacial score (nSPS) is 11.5. The van der Waals surface area contributed by atoms with Crippen molar-refractivity contribution in [3.05, 3.63) is 46.5 Å². The van der Waals surface area contributed by atoms with Crippen molar-refractivity contribution in [2.75, 3.05) is 18.4 Å². The number of benzene rings is 1. The summed E-state index contributed by atoms with van der Waals surface area (Å²) in [5, 5.41) is 4.81. The van der Waals surface area contributed by atoms with Gasteiger partial charge in [-0.05, 0) is 37.5 Å². The van der Waals surface area contributed by atoms with Gasteiger partial charge < -0.3 is 10.2 Å². The minimum atomic E-state index is -4.54. The van der Waals surface area contributed by atoms with E-state index < -0.39 is 23.6 Å². The van der Waals surface area contributed by atoms with Crippen LogP contribution in [0.4, 0.5) is 18.3 Å². The van der Waals surface area contributed by atoms with Crippen LogP contribution in [-0.4, -0.2) is 34.8 Å². The number of aromatic nitrogens is 1. The van der Waals surface area contributed by atoms with Crippen LogP contribution < -0.4 is 5.32 Å². The molecule has 0 aliphatic carbocycles. The van der Waals surface area contributed by atoms with E-state index >= 15 is 0 Å². The minimum absolute atomic E-state index is 0.100. The average molecular weight is 413 g/mol. The second kappa shape index (κ2) is 9.18. The van der Waals surface area contributed by atoms with Crippen LogP contribution in [-0.2, 0) is 11.0 Å². The first-order valence-corrected chi connectivity index (χ1v) is 9.62. The van der Waals surface area contributed by atoms with Crippen molar-refractivity contribution in [2.24, 2.45) is 5.92 Å². The van der Waals surface area contributed by atoms with E-state index in [2.05, 4.69) is 10.3 Å². The largest absolute Gasteiger partial charge is 0.416 e. The summed E-state index contributed by atoms with van der Waals surface area (Å²) in [5.74, 6) is -0.794. The van der Waals surface area contributed by atoms with Gasteiger partial charge in [0.1, 0.15) is 6.54 Å². The highest BCUT2D eigenvalue weighted by Crippen LogP contribution is 2.29. The number of nitrogens with one attached hydrogen (secondary N) is 1. The first-order chi connectivity index (χ1) is 13.1. The fourth-order valence-corrected chi connectivity index (χ4v) is 3.13. The van der Waals surface area contributed by atoms with Gasteiger partial charge in [-0.1, -0.05) is 19.9 Å². The number of nitrogens with zero attached hydrogens (tertiary/aromatic N) is 2. The molecule has 1 N–H and O–H groups in total. The number of anilines is 1. The van der Waals surface area contributed by atoms with Crippen molar-refractivity contribution in [1.82, 2.24) is 9.88 Å². The molecule has 1 aromatic carbocycles. The number of aryl methyl sites for hydroxylation is 1. The Hall–Kier alpha value is -2.42. The molecule has 0 unspecified atom stereocenters. The summed E-state index contributed by atoms with van der Waals surface area (Å²) < 4.78 is 38.8. The Morgan fingerprint density at radius 2 is 2.00 bits per heavy atom. The van der Waals surface area contributed by atoms with Crippen LogP contribution in [0.2, 0.25) is 0 Å². The number of amides is 2. The molecule has 28 heavy (non-hydrogen) atoms. The molecule has 1 aromatic heterocycles. The molecule has 0 saturated carbocycles. The highest BCUT2D eigenvalue weighted by Gasteiger charge is 2.31. The number of alkyl halides is 3. The highest BCUT2D eigenvalue weighted by atomic mass is 32.1. The Balaban J connectivity index is 2.17. The Morgan fingerprint density at radius 1 is 1.29 bits per heavy atom. The first kappa shape index (κ1) is 21.9. The molecule has 2 aromatic rings. The third-order valence-corrected chi connectivity index (χ3v) is 4.78. The Morgan fingerprint density at radius 3 is 2.57 bits per heavy atom. The highest BCUT2D eigenvalue weighted by molar-refractivity contribution is 7.13. The maximum atomic E-state index is 12.9. The zero-order chi connectivity index (χ0) is 20.9. The summed E-state index contributed by atoms with van der Waals surface area (Å²) in [6, 6.07) is 4.23. The van der Waals surface area contributed by atoms with Gasteiger partial charge in [0.2, 0.25) is 5.91 Å². The van der Waals surface area contributed by atoms with E-state index in [9.17, 15) is 22.8 Å². The van der Waals surface area contributed by atoms with Crippen LogP contribution in [0.15, 0.2) is 29.6 Å². The average Bonchev–Trinajstić information content (AvgIpc) is 3.01. The molecular weight excluding hydrogens is 391 g/mol. The molecule has 2 amide bonds. The second-order valence-corrected chi connectivity index (χ2v) is 7.69. The van der Waals surface area contributed by atoms with Gasteiger partial charge in [0.25, 0.3) is 5.91 Å². The number of hydrogen-bond acceptors (Lipinski definition) is 4. The molecule has 1 heterocycles. The van der Waals surface area contributed by atoms with E-state index in [1.165, 1.54) is 28.4 Å². The van der Waals surface area contributed by atoms with Crippen LogP contribution in [0.5, 0.6) is 0 Å². The van der Waals surface area contributed by atoms with E-state index in [1.807, 2.05) is 13.8 Å². The lowest BCUT2D eigenvalue weighted by atomic mass is 10.1. The topological polar surface area (TPSA) is 62.3 Å². The maximum absolute atomic E-state index is 12.9. The molecule has 0 fully saturated rings. The number of rotatable bonds is 7. The molecule has 0 aliphatic rings. The summed E-state index contributed by atoms with van der Waals surface area (Å²) >= 11 is 1.26. The van der Waals surface area contributed by atoms with E-state index in [0.29, 0.717) is 11.6 Å². The molecular formula is C19H22F3N3O2S. The number of hydrogen-bond donors (Lipinski definition) is 1. The van der Waals surface area contributed by atoms with Crippen molar-refractivity contribution < 1.29 is 22.8 Å². The van der Waals surface area contributed by atoms with Crippen molar-refractivity contribution in [3.63, 3.8) is 0 Å². The van der Waals surface area contributed by atoms with Gasteiger partial charge in [-0.2, -0.15) is 13.2 Å². The summed E-state index contributed by atoms with van der Waals surface area (Å²) in [4.78, 5) is 30.5. The van der Waals surface area contributed by atoms with Gasteiger partial charge in [-0.25, -0.2) is 4.98 Å². The number of halogens is 3. The number of carbonyl (C=O) groups excluding carboxylic acids is 2. The van der Waals surface area contributed by atoms with Gasteiger partial charge in [0.05, 0.1) is 11.3 Å². The molecule has 0 saturated heterocycles. The summed E-state index contributed by atoms with van der Waals surface area (Å²) in [6.45, 7) is 5.71. The standard InChI is InChI=1S/C19H22F3N3O2S/c1-12(2)7-8-25(10-16(26)24-18-23-13(3)11-28-18)17(27)14-5-4-6-15(9-14)19(20,21)22/h4-6,9,11-12H,7-8,10H2,1-3H3,(H,23,24,26). The van der Waals surface area contributed by atoms with Crippen LogP contribution in [0.3, 0.4) is 0 Å². The first-order valence-electron chi connectivity index (χ1n) is 8.74. The third kappa shape index (κ3) is 6.33. The predicted octanol–water partition coefficient (Wildman–Crippen LogP) is 4.60. The molecule has 152 valence electrons. The molecule has 9 heteroatoms. The zero-order valence-electron chi connectivity index (χ0n) is 15.8. The van der Waals surface area contributed by atoms with E-state index in [0.717, 1.165) is 17.8 Å². The lowest BCUT2D eigenvalue weighted by Gasteiger charge is -2.23. The molecule has 0 atom stereocenters. The molecule has 0 spiro atoms. The van der Waals surface area contributed by atoms with Gasteiger partial charge >= 0.3 is 6.18 Å². The number of thiazole rings is 1. The Labute approximate surface area is 165 Å². The molecule has 5 nitrogen and oxygen atoms in total. The smallest absolute Gasteiger partial charge is 0.329 e. The maximum Gasteiger partial charge on any atom is 0.416 e. The van der Waals surface area contributed by atoms with Gasteiger partial charge in [0.15, 0.2) is 5.13 Å². The van der Waals surface area contributed by atoms with E-state index in [4.69, 9.17) is 0 Å². The Bertz CT molecular complexity index is 834. The van der Waals surface area contributed by atoms with Crippen LogP contribution in [0, 0.1) is 12.8 Å². The van der Waals surface area contributed by atoms with E-state index in [-0.39, 0.29) is 24.6 Å². The lowest BCUT2D eigenvalue weighted by molar-refractivity contribution is -0.137. The molecule has 0 radical (unpaired) electrons. The van der Waals surface area contributed by atoms with Crippen LogP contribution >= 0.6 is 11.3 Å². The van der Waals surface area contributed by atoms with Crippen molar-refractivity contribution >= 4 is 28.3 Å². The second-order valence-electron chi connectivity index (χ2n) is 6.83. The fraction of sp³-hybridized carbons (Fsp3) is 0.421. The fourth-order valence-electron chi connectivity index (χ4n) is 2.42. The molecule has 0 aliphatic heterocycles. The molecule has 0 bridgehead atoms.